The largest absolute Gasteiger partial charge is 0.455 e. The van der Waals surface area contributed by atoms with Crippen LogP contribution in [0.2, 0.25) is 5.02 Å². The van der Waals surface area contributed by atoms with E-state index < -0.39 is 21.2 Å². The Bertz CT molecular complexity index is 815. The van der Waals surface area contributed by atoms with Gasteiger partial charge >= 0.3 is 5.97 Å². The second-order valence-electron chi connectivity index (χ2n) is 7.43. The lowest BCUT2D eigenvalue weighted by atomic mass is 9.79. The second-order valence-corrected chi connectivity index (χ2v) is 10.1. The number of hydrogen-bond donors (Lipinski definition) is 0. The molecule has 8 heteroatoms. The van der Waals surface area contributed by atoms with E-state index in [0.717, 1.165) is 18.4 Å². The average Bonchev–Trinajstić information content (AvgIpc) is 3.26. The van der Waals surface area contributed by atoms with Crippen LogP contribution < -0.4 is 0 Å². The minimum atomic E-state index is -3.08. The van der Waals surface area contributed by atoms with Crippen LogP contribution in [-0.2, 0) is 29.6 Å². The molecular formula is C19H24ClNO5S. The molecule has 0 bridgehead atoms. The summed E-state index contributed by atoms with van der Waals surface area (Å²) in [4.78, 5) is 26.7. The van der Waals surface area contributed by atoms with E-state index in [1.165, 1.54) is 4.90 Å². The molecule has 1 saturated heterocycles. The summed E-state index contributed by atoms with van der Waals surface area (Å²) in [5, 5.41) is 0.601. The van der Waals surface area contributed by atoms with Crippen LogP contribution in [0.25, 0.3) is 0 Å². The summed E-state index contributed by atoms with van der Waals surface area (Å²) in [6.45, 7) is -0.374. The van der Waals surface area contributed by atoms with Gasteiger partial charge in [-0.25, -0.2) is 8.42 Å². The van der Waals surface area contributed by atoms with E-state index in [4.69, 9.17) is 16.3 Å². The highest BCUT2D eigenvalue weighted by atomic mass is 35.5. The number of carbonyl (C=O) groups is 2. The average molecular weight is 414 g/mol. The zero-order valence-corrected chi connectivity index (χ0v) is 16.9. The summed E-state index contributed by atoms with van der Waals surface area (Å²) in [6.07, 6.45) is 3.63. The molecule has 1 aromatic carbocycles. The zero-order chi connectivity index (χ0) is 19.7. The number of nitrogens with zero attached hydrogens (tertiary/aromatic N) is 1. The van der Waals surface area contributed by atoms with Crippen molar-refractivity contribution in [3.63, 3.8) is 0 Å². The van der Waals surface area contributed by atoms with Gasteiger partial charge in [0.25, 0.3) is 5.91 Å². The van der Waals surface area contributed by atoms with Gasteiger partial charge in [-0.15, -0.1) is 0 Å². The number of sulfone groups is 1. The zero-order valence-electron chi connectivity index (χ0n) is 15.3. The molecule has 1 saturated carbocycles. The van der Waals surface area contributed by atoms with Crippen molar-refractivity contribution in [3.05, 3.63) is 34.9 Å². The molecular weight excluding hydrogens is 390 g/mol. The summed E-state index contributed by atoms with van der Waals surface area (Å²) >= 11 is 5.95. The fourth-order valence-corrected chi connectivity index (χ4v) is 5.91. The molecule has 1 aliphatic carbocycles. The van der Waals surface area contributed by atoms with Gasteiger partial charge in [-0.2, -0.15) is 0 Å². The van der Waals surface area contributed by atoms with Crippen LogP contribution in [0.3, 0.4) is 0 Å². The number of rotatable bonds is 5. The Hall–Kier alpha value is -1.60. The lowest BCUT2D eigenvalue weighted by Crippen LogP contribution is -2.42. The van der Waals surface area contributed by atoms with Crippen molar-refractivity contribution < 1.29 is 22.7 Å². The van der Waals surface area contributed by atoms with E-state index in [1.54, 1.807) is 19.2 Å². The predicted molar refractivity (Wildman–Crippen MR) is 102 cm³/mol. The quantitative estimate of drug-likeness (QED) is 0.692. The third-order valence-corrected chi connectivity index (χ3v) is 7.72. The maximum atomic E-state index is 12.9. The van der Waals surface area contributed by atoms with Crippen molar-refractivity contribution in [1.29, 1.82) is 0 Å². The van der Waals surface area contributed by atoms with E-state index in [2.05, 4.69) is 0 Å². The molecule has 27 heavy (non-hydrogen) atoms. The maximum Gasteiger partial charge on any atom is 0.317 e. The van der Waals surface area contributed by atoms with E-state index in [9.17, 15) is 18.0 Å². The van der Waals surface area contributed by atoms with Crippen molar-refractivity contribution in [2.45, 2.75) is 43.6 Å². The highest BCUT2D eigenvalue weighted by molar-refractivity contribution is 7.91. The van der Waals surface area contributed by atoms with Gasteiger partial charge < -0.3 is 9.64 Å². The van der Waals surface area contributed by atoms with E-state index >= 15 is 0 Å². The Morgan fingerprint density at radius 2 is 1.85 bits per heavy atom. The monoisotopic (exact) mass is 413 g/mol. The molecule has 2 fully saturated rings. The molecule has 1 heterocycles. The number of hydrogen-bond acceptors (Lipinski definition) is 5. The van der Waals surface area contributed by atoms with Gasteiger partial charge in [-0.3, -0.25) is 9.59 Å². The summed E-state index contributed by atoms with van der Waals surface area (Å²) in [5.74, 6) is -0.718. The fourth-order valence-electron chi connectivity index (χ4n) is 4.01. The Morgan fingerprint density at radius 3 is 2.41 bits per heavy atom. The molecule has 3 rings (SSSR count). The highest BCUT2D eigenvalue weighted by Crippen LogP contribution is 2.42. The maximum absolute atomic E-state index is 12.9. The fraction of sp³-hybridized carbons (Fsp3) is 0.579. The Labute approximate surface area is 164 Å². The van der Waals surface area contributed by atoms with E-state index in [1.807, 2.05) is 12.1 Å². The van der Waals surface area contributed by atoms with E-state index in [0.29, 0.717) is 24.3 Å². The molecule has 0 unspecified atom stereocenters. The molecule has 148 valence electrons. The molecule has 0 aromatic heterocycles. The predicted octanol–water partition coefficient (Wildman–Crippen LogP) is 2.34. The number of halogens is 1. The molecule has 0 radical (unpaired) electrons. The van der Waals surface area contributed by atoms with Crippen LogP contribution in [0.15, 0.2) is 24.3 Å². The van der Waals surface area contributed by atoms with Crippen LogP contribution in [0.1, 0.15) is 37.7 Å². The van der Waals surface area contributed by atoms with Gasteiger partial charge in [0.1, 0.15) is 0 Å². The van der Waals surface area contributed by atoms with Gasteiger partial charge in [-0.1, -0.05) is 36.6 Å². The van der Waals surface area contributed by atoms with E-state index in [-0.39, 0.29) is 30.1 Å². The summed E-state index contributed by atoms with van der Waals surface area (Å²) in [7, 11) is -1.52. The highest BCUT2D eigenvalue weighted by Gasteiger charge is 2.44. The van der Waals surface area contributed by atoms with Crippen LogP contribution in [0.4, 0.5) is 0 Å². The third-order valence-electron chi connectivity index (χ3n) is 5.72. The van der Waals surface area contributed by atoms with Gasteiger partial charge in [0, 0.05) is 18.1 Å². The Morgan fingerprint density at radius 1 is 1.22 bits per heavy atom. The van der Waals surface area contributed by atoms with Crippen LogP contribution in [0, 0.1) is 0 Å². The number of ether oxygens (including phenoxy) is 1. The molecule has 0 N–H and O–H groups in total. The van der Waals surface area contributed by atoms with Crippen molar-refractivity contribution in [2.24, 2.45) is 0 Å². The first-order chi connectivity index (χ1) is 12.7. The molecule has 1 atom stereocenters. The first kappa shape index (κ1) is 20.1. The number of esters is 1. The number of likely N-dealkylation sites (N-methyl/N-ethyl adjacent to an activating group) is 1. The topological polar surface area (TPSA) is 80.8 Å². The number of benzene rings is 1. The van der Waals surface area contributed by atoms with Crippen molar-refractivity contribution in [1.82, 2.24) is 4.90 Å². The molecule has 6 nitrogen and oxygen atoms in total. The molecule has 0 spiro atoms. The number of amides is 1. The van der Waals surface area contributed by atoms with Crippen molar-refractivity contribution in [3.8, 4) is 0 Å². The van der Waals surface area contributed by atoms with Crippen LogP contribution >= 0.6 is 11.6 Å². The first-order valence-corrected chi connectivity index (χ1v) is 11.3. The van der Waals surface area contributed by atoms with Crippen molar-refractivity contribution >= 4 is 33.3 Å². The minimum absolute atomic E-state index is 0.0299. The molecule has 1 aromatic rings. The van der Waals surface area contributed by atoms with Gasteiger partial charge in [-0.05, 0) is 37.0 Å². The smallest absolute Gasteiger partial charge is 0.317 e. The first-order valence-electron chi connectivity index (χ1n) is 9.13. The standard InChI is InChI=1S/C19H24ClNO5S/c1-21(16-8-11-27(24,25)13-16)17(22)12-26-18(23)19(9-2-3-10-19)14-4-6-15(20)7-5-14/h4-7,16H,2-3,8-13H2,1H3/t16-/m1/s1. The van der Waals surface area contributed by atoms with Crippen LogP contribution in [0.5, 0.6) is 0 Å². The summed E-state index contributed by atoms with van der Waals surface area (Å²) in [5.41, 5.74) is 0.122. The van der Waals surface area contributed by atoms with Gasteiger partial charge in [0.15, 0.2) is 16.4 Å². The van der Waals surface area contributed by atoms with Gasteiger partial charge in [0.05, 0.1) is 16.9 Å². The molecule has 1 aliphatic heterocycles. The lowest BCUT2D eigenvalue weighted by molar-refractivity contribution is -0.157. The minimum Gasteiger partial charge on any atom is -0.455 e. The third kappa shape index (κ3) is 4.29. The lowest BCUT2D eigenvalue weighted by Gasteiger charge is -2.28. The Balaban J connectivity index is 1.65. The second kappa shape index (κ2) is 7.80. The normalized spacial score (nSPS) is 23.1. The number of carbonyl (C=O) groups excluding carboxylic acids is 2. The SMILES string of the molecule is CN(C(=O)COC(=O)C1(c2ccc(Cl)cc2)CCCC1)[C@@H]1CCS(=O)(=O)C1. The summed E-state index contributed by atoms with van der Waals surface area (Å²) < 4.78 is 28.6. The summed E-state index contributed by atoms with van der Waals surface area (Å²) in [6, 6.07) is 6.84. The Kier molecular flexibility index (Phi) is 5.82. The van der Waals surface area contributed by atoms with Crippen LogP contribution in [-0.4, -0.2) is 56.4 Å². The molecule has 1 amide bonds. The van der Waals surface area contributed by atoms with Gasteiger partial charge in [0.2, 0.25) is 0 Å². The van der Waals surface area contributed by atoms with Crippen molar-refractivity contribution in [2.75, 3.05) is 25.2 Å². The molecule has 2 aliphatic rings.